The summed E-state index contributed by atoms with van der Waals surface area (Å²) in [5.41, 5.74) is -0.197. The molecule has 0 aliphatic heterocycles. The first-order valence-electron chi connectivity index (χ1n) is 3.25. The van der Waals surface area contributed by atoms with E-state index in [2.05, 4.69) is 11.7 Å². The quantitative estimate of drug-likeness (QED) is 0.643. The average Bonchev–Trinajstić information content (AvgIpc) is 2.34. The van der Waals surface area contributed by atoms with E-state index in [4.69, 9.17) is 5.11 Å². The van der Waals surface area contributed by atoms with Gasteiger partial charge in [-0.25, -0.2) is 9.48 Å². The van der Waals surface area contributed by atoms with E-state index in [9.17, 15) is 9.90 Å². The van der Waals surface area contributed by atoms with Crippen molar-refractivity contribution in [3.8, 4) is 5.88 Å². The second kappa shape index (κ2) is 3.08. The second-order valence-corrected chi connectivity index (χ2v) is 2.16. The van der Waals surface area contributed by atoms with Gasteiger partial charge in [0.25, 0.3) is 0 Å². The highest BCUT2D eigenvalue weighted by Crippen LogP contribution is 2.15. The number of carboxylic acid groups (broad SMARTS) is 1. The van der Waals surface area contributed by atoms with Crippen LogP contribution in [0.3, 0.4) is 0 Å². The highest BCUT2D eigenvalue weighted by Gasteiger charge is 2.14. The van der Waals surface area contributed by atoms with Crippen molar-refractivity contribution in [1.82, 2.24) is 9.78 Å². The summed E-state index contributed by atoms with van der Waals surface area (Å²) < 4.78 is 1.15. The van der Waals surface area contributed by atoms with Crippen LogP contribution >= 0.6 is 0 Å². The number of aromatic carboxylic acids is 1. The SMILES string of the molecule is C=CCn1ncc(C(=O)O)c1O. The predicted molar refractivity (Wildman–Crippen MR) is 41.0 cm³/mol. The van der Waals surface area contributed by atoms with Gasteiger partial charge in [0, 0.05) is 0 Å². The summed E-state index contributed by atoms with van der Waals surface area (Å²) in [6.45, 7) is 3.72. The standard InChI is InChI=1S/C7H8N2O3/c1-2-3-9-6(10)5(4-8-9)7(11)12/h2,4,10H,1,3H2,(H,11,12). The van der Waals surface area contributed by atoms with Gasteiger partial charge in [-0.15, -0.1) is 6.58 Å². The number of aromatic nitrogens is 2. The van der Waals surface area contributed by atoms with Gasteiger partial charge in [-0.2, -0.15) is 5.10 Å². The van der Waals surface area contributed by atoms with Gasteiger partial charge in [-0.1, -0.05) is 6.08 Å². The van der Waals surface area contributed by atoms with Crippen LogP contribution in [0, 0.1) is 0 Å². The van der Waals surface area contributed by atoms with Crippen molar-refractivity contribution >= 4 is 5.97 Å². The summed E-state index contributed by atoms with van der Waals surface area (Å²) in [6.07, 6.45) is 2.61. The van der Waals surface area contributed by atoms with Crippen molar-refractivity contribution in [1.29, 1.82) is 0 Å². The number of hydrogen-bond donors (Lipinski definition) is 2. The second-order valence-electron chi connectivity index (χ2n) is 2.16. The zero-order valence-electron chi connectivity index (χ0n) is 6.27. The Balaban J connectivity index is 3.03. The zero-order chi connectivity index (χ0) is 9.14. The summed E-state index contributed by atoms with van der Waals surface area (Å²) in [6, 6.07) is 0. The van der Waals surface area contributed by atoms with E-state index in [-0.39, 0.29) is 11.4 Å². The van der Waals surface area contributed by atoms with Crippen LogP contribution in [-0.2, 0) is 6.54 Å². The van der Waals surface area contributed by atoms with E-state index in [1.165, 1.54) is 6.08 Å². The fourth-order valence-corrected chi connectivity index (χ4v) is 0.786. The minimum atomic E-state index is -1.19. The molecule has 0 aromatic carbocycles. The van der Waals surface area contributed by atoms with Gasteiger partial charge >= 0.3 is 5.97 Å². The van der Waals surface area contributed by atoms with Gasteiger partial charge in [0.05, 0.1) is 12.7 Å². The number of allylic oxidation sites excluding steroid dienone is 1. The number of aromatic hydroxyl groups is 1. The van der Waals surface area contributed by atoms with Crippen molar-refractivity contribution in [2.45, 2.75) is 6.54 Å². The molecule has 1 rings (SSSR count). The summed E-state index contributed by atoms with van der Waals surface area (Å²) in [7, 11) is 0. The number of carboxylic acids is 1. The molecule has 0 saturated carbocycles. The molecule has 64 valence electrons. The number of rotatable bonds is 3. The minimum Gasteiger partial charge on any atom is -0.493 e. The molecule has 12 heavy (non-hydrogen) atoms. The Kier molecular flexibility index (Phi) is 2.14. The van der Waals surface area contributed by atoms with Crippen LogP contribution in [0.25, 0.3) is 0 Å². The topological polar surface area (TPSA) is 75.4 Å². The normalized spacial score (nSPS) is 9.67. The zero-order valence-corrected chi connectivity index (χ0v) is 6.27. The van der Waals surface area contributed by atoms with E-state index in [0.29, 0.717) is 6.54 Å². The molecule has 0 aliphatic rings. The largest absolute Gasteiger partial charge is 0.493 e. The Morgan fingerprint density at radius 1 is 1.83 bits per heavy atom. The Morgan fingerprint density at radius 3 is 2.92 bits per heavy atom. The Bertz CT molecular complexity index is 316. The van der Waals surface area contributed by atoms with Crippen molar-refractivity contribution in [2.24, 2.45) is 0 Å². The number of hydrogen-bond acceptors (Lipinski definition) is 3. The molecule has 5 heteroatoms. The highest BCUT2D eigenvalue weighted by molar-refractivity contribution is 5.89. The first-order chi connectivity index (χ1) is 5.66. The molecule has 1 heterocycles. The molecule has 0 atom stereocenters. The van der Waals surface area contributed by atoms with E-state index < -0.39 is 5.97 Å². The van der Waals surface area contributed by atoms with Crippen LogP contribution < -0.4 is 0 Å². The maximum atomic E-state index is 10.4. The molecule has 0 bridgehead atoms. The van der Waals surface area contributed by atoms with Gasteiger partial charge in [0.1, 0.15) is 5.56 Å². The molecule has 0 fully saturated rings. The summed E-state index contributed by atoms with van der Waals surface area (Å²) >= 11 is 0. The molecule has 0 unspecified atom stereocenters. The monoisotopic (exact) mass is 168 g/mol. The van der Waals surface area contributed by atoms with E-state index in [0.717, 1.165) is 10.9 Å². The fourth-order valence-electron chi connectivity index (χ4n) is 0.786. The summed E-state index contributed by atoms with van der Waals surface area (Å²) in [5.74, 6) is -1.54. The fraction of sp³-hybridized carbons (Fsp3) is 0.143. The average molecular weight is 168 g/mol. The van der Waals surface area contributed by atoms with Gasteiger partial charge in [-0.3, -0.25) is 0 Å². The first kappa shape index (κ1) is 8.32. The maximum Gasteiger partial charge on any atom is 0.342 e. The lowest BCUT2D eigenvalue weighted by atomic mass is 10.3. The first-order valence-corrected chi connectivity index (χ1v) is 3.25. The number of nitrogens with zero attached hydrogens (tertiary/aromatic N) is 2. The lowest BCUT2D eigenvalue weighted by molar-refractivity contribution is 0.0693. The molecule has 0 amide bonds. The predicted octanol–water partition coefficient (Wildman–Crippen LogP) is 0.473. The lowest BCUT2D eigenvalue weighted by Gasteiger charge is -1.96. The maximum absolute atomic E-state index is 10.4. The minimum absolute atomic E-state index is 0.197. The molecule has 1 aromatic heterocycles. The van der Waals surface area contributed by atoms with Gasteiger partial charge < -0.3 is 10.2 Å². The third-order valence-electron chi connectivity index (χ3n) is 1.34. The molecule has 0 aliphatic carbocycles. The van der Waals surface area contributed by atoms with Crippen molar-refractivity contribution in [2.75, 3.05) is 0 Å². The lowest BCUT2D eigenvalue weighted by Crippen LogP contribution is -1.98. The molecule has 0 saturated heterocycles. The highest BCUT2D eigenvalue weighted by atomic mass is 16.4. The Hall–Kier alpha value is -1.78. The third-order valence-corrected chi connectivity index (χ3v) is 1.34. The molecular formula is C7H8N2O3. The van der Waals surface area contributed by atoms with Crippen molar-refractivity contribution < 1.29 is 15.0 Å². The Labute approximate surface area is 68.6 Å². The number of carbonyl (C=O) groups is 1. The van der Waals surface area contributed by atoms with E-state index in [1.807, 2.05) is 0 Å². The van der Waals surface area contributed by atoms with E-state index in [1.54, 1.807) is 0 Å². The van der Waals surface area contributed by atoms with Crippen LogP contribution in [0.5, 0.6) is 5.88 Å². The van der Waals surface area contributed by atoms with Crippen LogP contribution in [0.2, 0.25) is 0 Å². The summed E-state index contributed by atoms with van der Waals surface area (Å²) in [4.78, 5) is 10.4. The molecule has 5 nitrogen and oxygen atoms in total. The summed E-state index contributed by atoms with van der Waals surface area (Å²) in [5, 5.41) is 21.4. The molecular weight excluding hydrogens is 160 g/mol. The molecule has 0 radical (unpaired) electrons. The smallest absolute Gasteiger partial charge is 0.342 e. The van der Waals surface area contributed by atoms with Gasteiger partial charge in [-0.05, 0) is 0 Å². The van der Waals surface area contributed by atoms with Crippen LogP contribution in [0.1, 0.15) is 10.4 Å². The molecule has 1 aromatic rings. The van der Waals surface area contributed by atoms with Crippen LogP contribution in [0.15, 0.2) is 18.9 Å². The molecule has 2 N–H and O–H groups in total. The van der Waals surface area contributed by atoms with Crippen molar-refractivity contribution in [3.63, 3.8) is 0 Å². The van der Waals surface area contributed by atoms with Crippen LogP contribution in [-0.4, -0.2) is 26.0 Å². The molecule has 0 spiro atoms. The van der Waals surface area contributed by atoms with Crippen LogP contribution in [0.4, 0.5) is 0 Å². The third kappa shape index (κ3) is 1.29. The van der Waals surface area contributed by atoms with Gasteiger partial charge in [0.15, 0.2) is 0 Å². The van der Waals surface area contributed by atoms with Crippen molar-refractivity contribution in [3.05, 3.63) is 24.4 Å². The van der Waals surface area contributed by atoms with Gasteiger partial charge in [0.2, 0.25) is 5.88 Å². The van der Waals surface area contributed by atoms with E-state index >= 15 is 0 Å². The Morgan fingerprint density at radius 2 is 2.50 bits per heavy atom.